The number of thiazole rings is 1. The molecule has 1 aliphatic rings. The Balaban J connectivity index is 0.00000196. The van der Waals surface area contributed by atoms with Crippen molar-refractivity contribution in [3.63, 3.8) is 0 Å². The lowest BCUT2D eigenvalue weighted by Crippen LogP contribution is -2.49. The number of carbonyl (C=O) groups is 1. The largest absolute Gasteiger partial charge is 0.337 e. The van der Waals surface area contributed by atoms with Crippen LogP contribution in [0.3, 0.4) is 0 Å². The van der Waals surface area contributed by atoms with Crippen LogP contribution < -0.4 is 5.73 Å². The van der Waals surface area contributed by atoms with E-state index in [0.717, 1.165) is 37.4 Å². The molecule has 156 valence electrons. The Morgan fingerprint density at radius 1 is 1.32 bits per heavy atom. The summed E-state index contributed by atoms with van der Waals surface area (Å²) in [6.45, 7) is 4.80. The summed E-state index contributed by atoms with van der Waals surface area (Å²) < 4.78 is 0. The minimum Gasteiger partial charge on any atom is -0.337 e. The van der Waals surface area contributed by atoms with Gasteiger partial charge in [0, 0.05) is 44.0 Å². The lowest BCUT2D eigenvalue weighted by molar-refractivity contribution is 0.0534. The second kappa shape index (κ2) is 11.7. The monoisotopic (exact) mass is 444 g/mol. The third-order valence-electron chi connectivity index (χ3n) is 5.21. The Morgan fingerprint density at radius 3 is 2.68 bits per heavy atom. The summed E-state index contributed by atoms with van der Waals surface area (Å²) in [5.41, 5.74) is 7.47. The fourth-order valence-corrected chi connectivity index (χ4v) is 4.38. The van der Waals surface area contributed by atoms with Gasteiger partial charge >= 0.3 is 0 Å². The summed E-state index contributed by atoms with van der Waals surface area (Å²) in [5, 5.41) is 2.80. The van der Waals surface area contributed by atoms with Crippen LogP contribution in [-0.2, 0) is 13.0 Å². The Labute approximate surface area is 184 Å². The van der Waals surface area contributed by atoms with E-state index < -0.39 is 0 Å². The number of benzene rings is 1. The summed E-state index contributed by atoms with van der Waals surface area (Å²) >= 11 is 1.52. The molecule has 2 atom stereocenters. The van der Waals surface area contributed by atoms with E-state index >= 15 is 0 Å². The highest BCUT2D eigenvalue weighted by Crippen LogP contribution is 2.24. The van der Waals surface area contributed by atoms with Gasteiger partial charge in [-0.1, -0.05) is 30.3 Å². The number of nitrogens with two attached hydrogens (primary N) is 1. The van der Waals surface area contributed by atoms with Crippen LogP contribution in [0.25, 0.3) is 0 Å². The second-order valence-electron chi connectivity index (χ2n) is 7.06. The van der Waals surface area contributed by atoms with Gasteiger partial charge in [-0.3, -0.25) is 9.69 Å². The summed E-state index contributed by atoms with van der Waals surface area (Å²) in [6.07, 6.45) is 2.73. The number of halogens is 2. The third kappa shape index (κ3) is 6.16. The van der Waals surface area contributed by atoms with Gasteiger partial charge in [-0.2, -0.15) is 0 Å². The van der Waals surface area contributed by atoms with Gasteiger partial charge < -0.3 is 10.6 Å². The number of aromatic nitrogens is 1. The van der Waals surface area contributed by atoms with Gasteiger partial charge in [0.2, 0.25) is 0 Å². The zero-order valence-electron chi connectivity index (χ0n) is 16.4. The van der Waals surface area contributed by atoms with E-state index in [1.165, 1.54) is 16.9 Å². The fraction of sp³-hybridized carbons (Fsp3) is 0.500. The van der Waals surface area contributed by atoms with Crippen LogP contribution in [0.15, 0.2) is 35.7 Å². The van der Waals surface area contributed by atoms with E-state index in [9.17, 15) is 4.79 Å². The van der Waals surface area contributed by atoms with Crippen molar-refractivity contribution in [1.29, 1.82) is 0 Å². The molecule has 0 saturated carbocycles. The van der Waals surface area contributed by atoms with E-state index in [1.54, 1.807) is 0 Å². The van der Waals surface area contributed by atoms with Crippen molar-refractivity contribution >= 4 is 42.1 Å². The molecule has 2 heterocycles. The molecule has 1 aliphatic heterocycles. The molecule has 2 aromatic rings. The molecule has 1 aromatic heterocycles. The molecule has 0 radical (unpaired) electrons. The van der Waals surface area contributed by atoms with Crippen LogP contribution in [0.5, 0.6) is 0 Å². The van der Waals surface area contributed by atoms with Crippen LogP contribution in [0.2, 0.25) is 0 Å². The molecule has 0 bridgehead atoms. The van der Waals surface area contributed by atoms with Crippen LogP contribution in [0.1, 0.15) is 40.8 Å². The van der Waals surface area contributed by atoms with Crippen LogP contribution >= 0.6 is 36.2 Å². The van der Waals surface area contributed by atoms with E-state index in [0.29, 0.717) is 18.3 Å². The second-order valence-corrected chi connectivity index (χ2v) is 8.01. The van der Waals surface area contributed by atoms with Crippen molar-refractivity contribution in [1.82, 2.24) is 14.8 Å². The number of hydrogen-bond donors (Lipinski definition) is 1. The molecule has 1 saturated heterocycles. The Hall–Kier alpha value is -1.18. The minimum absolute atomic E-state index is 0. The molecule has 2 N–H and O–H groups in total. The highest BCUT2D eigenvalue weighted by Gasteiger charge is 2.30. The average molecular weight is 445 g/mol. The molecular weight excluding hydrogens is 415 g/mol. The van der Waals surface area contributed by atoms with E-state index in [1.807, 2.05) is 17.3 Å². The maximum absolute atomic E-state index is 12.8. The summed E-state index contributed by atoms with van der Waals surface area (Å²) in [4.78, 5) is 21.6. The number of amides is 1. The first-order valence-corrected chi connectivity index (χ1v) is 10.2. The number of likely N-dealkylation sites (tertiary alicyclic amines) is 1. The predicted molar refractivity (Wildman–Crippen MR) is 121 cm³/mol. The van der Waals surface area contributed by atoms with E-state index in [4.69, 9.17) is 5.73 Å². The zero-order valence-corrected chi connectivity index (χ0v) is 18.9. The van der Waals surface area contributed by atoms with Gasteiger partial charge in [0.25, 0.3) is 5.91 Å². The molecule has 0 spiro atoms. The number of rotatable bonds is 6. The van der Waals surface area contributed by atoms with Gasteiger partial charge in [-0.15, -0.1) is 36.2 Å². The lowest BCUT2D eigenvalue weighted by atomic mass is 9.96. The van der Waals surface area contributed by atoms with Crippen molar-refractivity contribution in [2.45, 2.75) is 44.8 Å². The van der Waals surface area contributed by atoms with Crippen molar-refractivity contribution in [3.05, 3.63) is 52.0 Å². The summed E-state index contributed by atoms with van der Waals surface area (Å²) in [5.74, 6) is 0.0261. The normalized spacial score (nSPS) is 19.4. The van der Waals surface area contributed by atoms with Crippen molar-refractivity contribution < 1.29 is 4.79 Å². The first kappa shape index (κ1) is 24.9. The van der Waals surface area contributed by atoms with Gasteiger partial charge in [0.1, 0.15) is 5.69 Å². The first-order chi connectivity index (χ1) is 12.6. The van der Waals surface area contributed by atoms with Crippen molar-refractivity contribution in [2.75, 3.05) is 20.1 Å². The summed E-state index contributed by atoms with van der Waals surface area (Å²) in [6, 6.07) is 11.3. The quantitative estimate of drug-likeness (QED) is 0.738. The number of piperidine rings is 1. The van der Waals surface area contributed by atoms with Gasteiger partial charge in [-0.25, -0.2) is 4.98 Å². The predicted octanol–water partition coefficient (Wildman–Crippen LogP) is 3.61. The molecule has 28 heavy (non-hydrogen) atoms. The maximum Gasteiger partial charge on any atom is 0.273 e. The molecule has 8 heteroatoms. The van der Waals surface area contributed by atoms with Gasteiger partial charge in [0.15, 0.2) is 0 Å². The standard InChI is InChI=1S/C20H28N4OS.2ClH/c1-15-12-17(9-11-24(15)13-16-6-4-3-5-7-16)23(2)20(25)18-14-26-19(22-18)8-10-21;;/h3-7,14-15,17H,8-13,21H2,1-2H3;2*1H. The number of carbonyl (C=O) groups excluding carboxylic acids is 1. The molecule has 2 unspecified atom stereocenters. The van der Waals surface area contributed by atoms with Crippen LogP contribution in [0, 0.1) is 0 Å². The fourth-order valence-electron chi connectivity index (χ4n) is 3.59. The summed E-state index contributed by atoms with van der Waals surface area (Å²) in [7, 11) is 1.91. The average Bonchev–Trinajstić information content (AvgIpc) is 3.12. The van der Waals surface area contributed by atoms with Crippen molar-refractivity contribution in [3.8, 4) is 0 Å². The molecule has 1 aromatic carbocycles. The molecule has 0 aliphatic carbocycles. The maximum atomic E-state index is 12.8. The number of hydrogen-bond acceptors (Lipinski definition) is 5. The Kier molecular flexibility index (Phi) is 10.4. The Bertz CT molecular complexity index is 728. The highest BCUT2D eigenvalue weighted by molar-refractivity contribution is 7.09. The van der Waals surface area contributed by atoms with Gasteiger partial charge in [0.05, 0.1) is 5.01 Å². The topological polar surface area (TPSA) is 62.5 Å². The lowest BCUT2D eigenvalue weighted by Gasteiger charge is -2.41. The molecule has 3 rings (SSSR count). The smallest absolute Gasteiger partial charge is 0.273 e. The Morgan fingerprint density at radius 2 is 2.04 bits per heavy atom. The molecule has 1 fully saturated rings. The molecule has 5 nitrogen and oxygen atoms in total. The van der Waals surface area contributed by atoms with Crippen molar-refractivity contribution in [2.24, 2.45) is 5.73 Å². The highest BCUT2D eigenvalue weighted by atomic mass is 35.5. The molecular formula is C20H30Cl2N4OS. The van der Waals surface area contributed by atoms with Gasteiger partial charge in [-0.05, 0) is 31.9 Å². The van der Waals surface area contributed by atoms with E-state index in [-0.39, 0.29) is 36.8 Å². The molecule has 1 amide bonds. The number of nitrogens with zero attached hydrogens (tertiary/aromatic N) is 3. The van der Waals surface area contributed by atoms with E-state index in [2.05, 4.69) is 47.1 Å². The zero-order chi connectivity index (χ0) is 18.5. The third-order valence-corrected chi connectivity index (χ3v) is 6.12. The van der Waals surface area contributed by atoms with Crippen LogP contribution in [-0.4, -0.2) is 52.9 Å². The van der Waals surface area contributed by atoms with Crippen LogP contribution in [0.4, 0.5) is 0 Å². The SMILES string of the molecule is CC1CC(N(C)C(=O)c2csc(CCN)n2)CCN1Cc1ccccc1.Cl.Cl. The minimum atomic E-state index is 0. The first-order valence-electron chi connectivity index (χ1n) is 9.28.